The Bertz CT molecular complexity index is 1620. The van der Waals surface area contributed by atoms with Crippen LogP contribution in [0.2, 0.25) is 0 Å². The van der Waals surface area contributed by atoms with E-state index in [1.165, 1.54) is 30.6 Å². The van der Waals surface area contributed by atoms with E-state index in [1.54, 1.807) is 30.1 Å². The maximum Gasteiger partial charge on any atom is 0.573 e. The molecular formula is C31H25F3N6OS. The molecule has 1 aliphatic heterocycles. The van der Waals surface area contributed by atoms with Crippen LogP contribution in [0.3, 0.4) is 0 Å². The van der Waals surface area contributed by atoms with E-state index in [4.69, 9.17) is 5.73 Å². The Morgan fingerprint density at radius 1 is 0.881 bits per heavy atom. The van der Waals surface area contributed by atoms with Crippen molar-refractivity contribution < 1.29 is 17.9 Å². The lowest BCUT2D eigenvalue weighted by molar-refractivity contribution is -0.274. The smallest absolute Gasteiger partial charge is 0.406 e. The van der Waals surface area contributed by atoms with Crippen LogP contribution in [0.4, 0.5) is 24.5 Å². The Morgan fingerprint density at radius 2 is 1.60 bits per heavy atom. The van der Waals surface area contributed by atoms with Crippen molar-refractivity contribution in [2.75, 3.05) is 17.2 Å². The van der Waals surface area contributed by atoms with Crippen molar-refractivity contribution in [3.63, 3.8) is 0 Å². The molecule has 0 atom stereocenters. The van der Waals surface area contributed by atoms with Crippen LogP contribution >= 0.6 is 11.8 Å². The maximum absolute atomic E-state index is 12.3. The van der Waals surface area contributed by atoms with Crippen LogP contribution < -0.4 is 15.4 Å². The second-order valence-electron chi connectivity index (χ2n) is 8.93. The molecule has 5 rings (SSSR count). The summed E-state index contributed by atoms with van der Waals surface area (Å²) in [7, 11) is 0. The fourth-order valence-electron chi connectivity index (χ4n) is 4.13. The first-order valence-electron chi connectivity index (χ1n) is 12.8. The third-order valence-electron chi connectivity index (χ3n) is 6.09. The van der Waals surface area contributed by atoms with Crippen LogP contribution in [-0.4, -0.2) is 42.2 Å². The van der Waals surface area contributed by atoms with Gasteiger partial charge in [0.15, 0.2) is 5.17 Å². The van der Waals surface area contributed by atoms with E-state index in [9.17, 15) is 13.2 Å². The van der Waals surface area contributed by atoms with Crippen LogP contribution in [0.1, 0.15) is 11.1 Å². The van der Waals surface area contributed by atoms with E-state index in [0.717, 1.165) is 39.8 Å². The second-order valence-corrected chi connectivity index (χ2v) is 10.00. The SMILES string of the molecule is NC(=NC=Nc1ccc(OC(F)(F)F)cc1)c1ccc(/C=N\N=C2\SCCN2c2ccccc2-c2ccccc2)cc1. The second kappa shape index (κ2) is 13.2. The summed E-state index contributed by atoms with van der Waals surface area (Å²) in [4.78, 5) is 10.4. The van der Waals surface area contributed by atoms with Gasteiger partial charge in [0.1, 0.15) is 17.9 Å². The van der Waals surface area contributed by atoms with Gasteiger partial charge < -0.3 is 15.4 Å². The highest BCUT2D eigenvalue weighted by atomic mass is 32.2. The predicted molar refractivity (Wildman–Crippen MR) is 165 cm³/mol. The predicted octanol–water partition coefficient (Wildman–Crippen LogP) is 7.26. The number of thioether (sulfide) groups is 1. The van der Waals surface area contributed by atoms with Crippen molar-refractivity contribution in [1.82, 2.24) is 0 Å². The molecule has 0 amide bonds. The average Bonchev–Trinajstić information content (AvgIpc) is 3.46. The fraction of sp³-hybridized carbons (Fsp3) is 0.0968. The number of hydrogen-bond acceptors (Lipinski definition) is 5. The molecule has 4 aromatic carbocycles. The molecule has 0 bridgehead atoms. The summed E-state index contributed by atoms with van der Waals surface area (Å²) in [6.07, 6.45) is -1.83. The van der Waals surface area contributed by atoms with Crippen molar-refractivity contribution in [2.45, 2.75) is 6.36 Å². The molecule has 2 N–H and O–H groups in total. The minimum atomic E-state index is -4.75. The number of halogens is 3. The molecule has 0 unspecified atom stereocenters. The third-order valence-corrected chi connectivity index (χ3v) is 7.03. The van der Waals surface area contributed by atoms with E-state index < -0.39 is 6.36 Å². The summed E-state index contributed by atoms with van der Waals surface area (Å²) in [6.45, 7) is 0.845. The molecule has 212 valence electrons. The summed E-state index contributed by atoms with van der Waals surface area (Å²) in [6, 6.07) is 31.0. The lowest BCUT2D eigenvalue weighted by Crippen LogP contribution is -2.24. The number of aliphatic imine (C=N–C) groups is 2. The highest BCUT2D eigenvalue weighted by Gasteiger charge is 2.31. The summed E-state index contributed by atoms with van der Waals surface area (Å²) in [5, 5.41) is 9.68. The number of para-hydroxylation sites is 1. The van der Waals surface area contributed by atoms with E-state index in [-0.39, 0.29) is 11.6 Å². The molecular weight excluding hydrogens is 561 g/mol. The molecule has 1 fully saturated rings. The van der Waals surface area contributed by atoms with Gasteiger partial charge in [-0.15, -0.1) is 18.3 Å². The van der Waals surface area contributed by atoms with Crippen LogP contribution in [0.15, 0.2) is 123 Å². The third kappa shape index (κ3) is 7.64. The number of rotatable bonds is 8. The average molecular weight is 587 g/mol. The molecule has 42 heavy (non-hydrogen) atoms. The molecule has 0 radical (unpaired) electrons. The number of benzene rings is 4. The van der Waals surface area contributed by atoms with Gasteiger partial charge in [-0.3, -0.25) is 0 Å². The van der Waals surface area contributed by atoms with Gasteiger partial charge in [-0.2, -0.15) is 5.10 Å². The lowest BCUT2D eigenvalue weighted by Gasteiger charge is -2.21. The van der Waals surface area contributed by atoms with Crippen LogP contribution in [-0.2, 0) is 0 Å². The zero-order valence-electron chi connectivity index (χ0n) is 22.1. The van der Waals surface area contributed by atoms with Crippen molar-refractivity contribution >= 4 is 46.7 Å². The molecule has 0 aromatic heterocycles. The maximum atomic E-state index is 12.3. The molecule has 4 aromatic rings. The van der Waals surface area contributed by atoms with E-state index in [1.807, 2.05) is 42.5 Å². The van der Waals surface area contributed by atoms with Gasteiger partial charge in [0.05, 0.1) is 17.6 Å². The van der Waals surface area contributed by atoms with Gasteiger partial charge in [-0.25, -0.2) is 9.98 Å². The quantitative estimate of drug-likeness (QED) is 0.134. The normalized spacial score (nSPS) is 15.3. The first kappa shape index (κ1) is 28.6. The lowest BCUT2D eigenvalue weighted by atomic mass is 10.0. The number of alkyl halides is 3. The standard InChI is InChI=1S/C31H25F3N6OS/c32-31(33,34)41-26-16-14-25(15-17-26)36-21-37-29(35)24-12-10-22(11-13-24)20-38-39-30-40(18-19-42-30)28-9-5-4-8-27(28)23-6-2-1-3-7-23/h1-17,20-21H,18-19H2,(H2,35,36,37)/b38-20-,39-30+. The topological polar surface area (TPSA) is 87.9 Å². The van der Waals surface area contributed by atoms with Crippen molar-refractivity contribution in [2.24, 2.45) is 25.9 Å². The number of ether oxygens (including phenoxy) is 1. The van der Waals surface area contributed by atoms with Crippen molar-refractivity contribution in [3.05, 3.63) is 114 Å². The molecule has 0 saturated carbocycles. The Labute approximate surface area is 245 Å². The molecule has 11 heteroatoms. The van der Waals surface area contributed by atoms with Gasteiger partial charge in [-0.1, -0.05) is 84.6 Å². The van der Waals surface area contributed by atoms with E-state index >= 15 is 0 Å². The highest BCUT2D eigenvalue weighted by Crippen LogP contribution is 2.34. The summed E-state index contributed by atoms with van der Waals surface area (Å²) < 4.78 is 40.7. The minimum Gasteiger partial charge on any atom is -0.406 e. The fourth-order valence-corrected chi connectivity index (χ4v) is 5.04. The van der Waals surface area contributed by atoms with Gasteiger partial charge in [0.2, 0.25) is 0 Å². The zero-order chi connectivity index (χ0) is 29.4. The van der Waals surface area contributed by atoms with E-state index in [2.05, 4.69) is 54.1 Å². The Morgan fingerprint density at radius 3 is 2.33 bits per heavy atom. The number of nitrogens with two attached hydrogens (primary N) is 1. The molecule has 1 aliphatic rings. The molecule has 1 saturated heterocycles. The van der Waals surface area contributed by atoms with Crippen molar-refractivity contribution in [1.29, 1.82) is 0 Å². The van der Waals surface area contributed by atoms with Gasteiger partial charge in [0.25, 0.3) is 0 Å². The number of nitrogens with zero attached hydrogens (tertiary/aromatic N) is 5. The first-order chi connectivity index (χ1) is 20.4. The summed E-state index contributed by atoms with van der Waals surface area (Å²) in [5.74, 6) is 0.827. The molecule has 0 aliphatic carbocycles. The molecule has 0 spiro atoms. The number of amidine groups is 2. The Balaban J connectivity index is 1.22. The number of hydrogen-bond donors (Lipinski definition) is 1. The highest BCUT2D eigenvalue weighted by molar-refractivity contribution is 8.14. The largest absolute Gasteiger partial charge is 0.573 e. The van der Waals surface area contributed by atoms with Gasteiger partial charge >= 0.3 is 6.36 Å². The summed E-state index contributed by atoms with van der Waals surface area (Å²) in [5.41, 5.74) is 11.4. The van der Waals surface area contributed by atoms with Gasteiger partial charge in [-0.05, 0) is 41.5 Å². The zero-order valence-corrected chi connectivity index (χ0v) is 23.0. The molecule has 7 nitrogen and oxygen atoms in total. The Kier molecular flexibility index (Phi) is 8.98. The van der Waals surface area contributed by atoms with Crippen LogP contribution in [0, 0.1) is 0 Å². The van der Waals surface area contributed by atoms with Crippen molar-refractivity contribution in [3.8, 4) is 16.9 Å². The van der Waals surface area contributed by atoms with E-state index in [0.29, 0.717) is 11.3 Å². The monoisotopic (exact) mass is 586 g/mol. The van der Waals surface area contributed by atoms with Crippen LogP contribution in [0.5, 0.6) is 5.75 Å². The summed E-state index contributed by atoms with van der Waals surface area (Å²) >= 11 is 1.67. The Hall–Kier alpha value is -4.90. The van der Waals surface area contributed by atoms with Gasteiger partial charge in [0, 0.05) is 23.4 Å². The minimum absolute atomic E-state index is 0.231. The van der Waals surface area contributed by atoms with Crippen LogP contribution in [0.25, 0.3) is 11.1 Å². The molecule has 1 heterocycles. The number of anilines is 1. The first-order valence-corrected chi connectivity index (χ1v) is 13.8.